The lowest BCUT2D eigenvalue weighted by atomic mass is 9.95. The van der Waals surface area contributed by atoms with E-state index in [1.165, 1.54) is 0 Å². The van der Waals surface area contributed by atoms with Crippen molar-refractivity contribution in [2.45, 2.75) is 46.0 Å². The van der Waals surface area contributed by atoms with E-state index in [0.717, 1.165) is 61.0 Å². The number of carbonyl (C=O) groups is 2. The summed E-state index contributed by atoms with van der Waals surface area (Å²) in [5, 5.41) is 8.90. The molecular formula is C19H25NO3. The number of allylic oxidation sites excluding steroid dienone is 1. The summed E-state index contributed by atoms with van der Waals surface area (Å²) in [6.45, 7) is 5.69. The summed E-state index contributed by atoms with van der Waals surface area (Å²) in [5.41, 5.74) is 3.67. The molecule has 0 spiro atoms. The molecule has 0 saturated carbocycles. The van der Waals surface area contributed by atoms with Gasteiger partial charge < -0.3 is 10.0 Å². The summed E-state index contributed by atoms with van der Waals surface area (Å²) >= 11 is 0. The standard InChI is InChI=1S/C19H25NO3/c1-3-6-15(9-10-18(21)22)16-8-7-14(2)17(13-16)19(23)20-11-4-5-12-20/h7-9,13H,3-6,10-12H2,1-2H3,(H,21,22)/b15-9+. The number of amides is 1. The van der Waals surface area contributed by atoms with Crippen LogP contribution in [0.4, 0.5) is 0 Å². The molecule has 1 aromatic carbocycles. The van der Waals surface area contributed by atoms with Gasteiger partial charge in [-0.15, -0.1) is 0 Å². The lowest BCUT2D eigenvalue weighted by molar-refractivity contribution is -0.136. The van der Waals surface area contributed by atoms with E-state index in [1.54, 1.807) is 6.08 Å². The topological polar surface area (TPSA) is 57.6 Å². The third kappa shape index (κ3) is 4.44. The molecule has 1 saturated heterocycles. The van der Waals surface area contributed by atoms with Gasteiger partial charge in [0.2, 0.25) is 0 Å². The molecule has 4 nitrogen and oxygen atoms in total. The fraction of sp³-hybridized carbons (Fsp3) is 0.474. The predicted octanol–water partition coefficient (Wildman–Crippen LogP) is 3.89. The van der Waals surface area contributed by atoms with Crippen LogP contribution in [0, 0.1) is 6.92 Å². The SMILES string of the molecule is CCC/C(=C\CC(=O)O)c1ccc(C)c(C(=O)N2CCCC2)c1. The van der Waals surface area contributed by atoms with Gasteiger partial charge in [0.15, 0.2) is 0 Å². The van der Waals surface area contributed by atoms with Crippen LogP contribution < -0.4 is 0 Å². The van der Waals surface area contributed by atoms with Crippen molar-refractivity contribution in [2.75, 3.05) is 13.1 Å². The summed E-state index contributed by atoms with van der Waals surface area (Å²) in [7, 11) is 0. The molecule has 0 unspecified atom stereocenters. The maximum absolute atomic E-state index is 12.7. The molecule has 0 aromatic heterocycles. The molecule has 1 aliphatic heterocycles. The smallest absolute Gasteiger partial charge is 0.307 e. The molecule has 1 aromatic rings. The minimum atomic E-state index is -0.834. The number of benzene rings is 1. The van der Waals surface area contributed by atoms with Gasteiger partial charge in [-0.25, -0.2) is 0 Å². The Balaban J connectivity index is 2.31. The highest BCUT2D eigenvalue weighted by Gasteiger charge is 2.21. The molecule has 1 heterocycles. The number of hydrogen-bond donors (Lipinski definition) is 1. The Labute approximate surface area is 137 Å². The molecule has 0 radical (unpaired) electrons. The summed E-state index contributed by atoms with van der Waals surface area (Å²) in [6, 6.07) is 5.88. The van der Waals surface area contributed by atoms with E-state index in [4.69, 9.17) is 5.11 Å². The van der Waals surface area contributed by atoms with Gasteiger partial charge in [0.25, 0.3) is 5.91 Å². The number of carbonyl (C=O) groups excluding carboxylic acids is 1. The Kier molecular flexibility index (Phi) is 5.97. The largest absolute Gasteiger partial charge is 0.481 e. The first-order chi connectivity index (χ1) is 11.0. The molecule has 0 aliphatic carbocycles. The quantitative estimate of drug-likeness (QED) is 0.866. The van der Waals surface area contributed by atoms with Crippen LogP contribution >= 0.6 is 0 Å². The number of carboxylic acids is 1. The van der Waals surface area contributed by atoms with Crippen LogP contribution in [0.3, 0.4) is 0 Å². The fourth-order valence-electron chi connectivity index (χ4n) is 2.99. The molecule has 1 N–H and O–H groups in total. The number of carboxylic acid groups (broad SMARTS) is 1. The highest BCUT2D eigenvalue weighted by Crippen LogP contribution is 2.25. The Hall–Kier alpha value is -2.10. The predicted molar refractivity (Wildman–Crippen MR) is 91.5 cm³/mol. The highest BCUT2D eigenvalue weighted by molar-refractivity contribution is 5.96. The van der Waals surface area contributed by atoms with Crippen LogP contribution in [0.2, 0.25) is 0 Å². The van der Waals surface area contributed by atoms with Crippen molar-refractivity contribution in [3.05, 3.63) is 41.0 Å². The average Bonchev–Trinajstić information content (AvgIpc) is 3.05. The summed E-state index contributed by atoms with van der Waals surface area (Å²) in [5.74, 6) is -0.741. The molecule has 124 valence electrons. The van der Waals surface area contributed by atoms with Crippen molar-refractivity contribution in [1.29, 1.82) is 0 Å². The second-order valence-electron chi connectivity index (χ2n) is 6.11. The van der Waals surface area contributed by atoms with Gasteiger partial charge in [-0.05, 0) is 49.0 Å². The summed E-state index contributed by atoms with van der Waals surface area (Å²) in [6.07, 6.45) is 5.68. The zero-order valence-corrected chi connectivity index (χ0v) is 14.0. The third-order valence-electron chi connectivity index (χ3n) is 4.27. The van der Waals surface area contributed by atoms with Gasteiger partial charge in [-0.1, -0.05) is 31.6 Å². The zero-order chi connectivity index (χ0) is 16.8. The number of aryl methyl sites for hydroxylation is 1. The number of nitrogens with zero attached hydrogens (tertiary/aromatic N) is 1. The molecule has 0 atom stereocenters. The molecular weight excluding hydrogens is 290 g/mol. The van der Waals surface area contributed by atoms with Crippen LogP contribution in [0.5, 0.6) is 0 Å². The monoisotopic (exact) mass is 315 g/mol. The van der Waals surface area contributed by atoms with E-state index < -0.39 is 5.97 Å². The van der Waals surface area contributed by atoms with Crippen LogP contribution in [0.1, 0.15) is 60.5 Å². The minimum Gasteiger partial charge on any atom is -0.481 e. The molecule has 2 rings (SSSR count). The number of rotatable bonds is 6. The van der Waals surface area contributed by atoms with Crippen LogP contribution in [0.15, 0.2) is 24.3 Å². The minimum absolute atomic E-state index is 0.0125. The Morgan fingerprint density at radius 1 is 1.26 bits per heavy atom. The Morgan fingerprint density at radius 3 is 2.57 bits per heavy atom. The highest BCUT2D eigenvalue weighted by atomic mass is 16.4. The normalized spacial score (nSPS) is 15.0. The van der Waals surface area contributed by atoms with E-state index in [-0.39, 0.29) is 12.3 Å². The van der Waals surface area contributed by atoms with Crippen molar-refractivity contribution >= 4 is 17.4 Å². The van der Waals surface area contributed by atoms with Crippen LogP contribution in [-0.2, 0) is 4.79 Å². The average molecular weight is 315 g/mol. The van der Waals surface area contributed by atoms with Crippen molar-refractivity contribution in [1.82, 2.24) is 4.90 Å². The summed E-state index contributed by atoms with van der Waals surface area (Å²) < 4.78 is 0. The van der Waals surface area contributed by atoms with Gasteiger partial charge in [0, 0.05) is 18.7 Å². The Morgan fingerprint density at radius 2 is 1.96 bits per heavy atom. The van der Waals surface area contributed by atoms with Crippen LogP contribution in [0.25, 0.3) is 5.57 Å². The van der Waals surface area contributed by atoms with Crippen molar-refractivity contribution in [3.8, 4) is 0 Å². The maximum Gasteiger partial charge on any atom is 0.307 e. The number of aliphatic carboxylic acids is 1. The van der Waals surface area contributed by atoms with Gasteiger partial charge >= 0.3 is 5.97 Å². The lowest BCUT2D eigenvalue weighted by Crippen LogP contribution is -2.28. The first-order valence-corrected chi connectivity index (χ1v) is 8.34. The molecule has 23 heavy (non-hydrogen) atoms. The van der Waals surface area contributed by atoms with Gasteiger partial charge in [0.05, 0.1) is 6.42 Å². The van der Waals surface area contributed by atoms with Gasteiger partial charge in [-0.3, -0.25) is 9.59 Å². The molecule has 1 aliphatic rings. The van der Waals surface area contributed by atoms with Crippen molar-refractivity contribution < 1.29 is 14.7 Å². The molecule has 0 bridgehead atoms. The first-order valence-electron chi connectivity index (χ1n) is 8.34. The second-order valence-corrected chi connectivity index (χ2v) is 6.11. The molecule has 1 amide bonds. The zero-order valence-electron chi connectivity index (χ0n) is 14.0. The van der Waals surface area contributed by atoms with E-state index in [2.05, 4.69) is 6.92 Å². The van der Waals surface area contributed by atoms with Crippen molar-refractivity contribution in [2.24, 2.45) is 0 Å². The van der Waals surface area contributed by atoms with E-state index >= 15 is 0 Å². The van der Waals surface area contributed by atoms with Gasteiger partial charge in [0.1, 0.15) is 0 Å². The van der Waals surface area contributed by atoms with Crippen LogP contribution in [-0.4, -0.2) is 35.0 Å². The van der Waals surface area contributed by atoms with Crippen molar-refractivity contribution in [3.63, 3.8) is 0 Å². The number of hydrogen-bond acceptors (Lipinski definition) is 2. The number of likely N-dealkylation sites (tertiary alicyclic amines) is 1. The maximum atomic E-state index is 12.7. The first kappa shape index (κ1) is 17.3. The lowest BCUT2D eigenvalue weighted by Gasteiger charge is -2.18. The van der Waals surface area contributed by atoms with E-state index in [0.29, 0.717) is 0 Å². The summed E-state index contributed by atoms with van der Waals surface area (Å²) in [4.78, 5) is 25.4. The second kappa shape index (κ2) is 7.95. The Bertz CT molecular complexity index is 613. The van der Waals surface area contributed by atoms with Gasteiger partial charge in [-0.2, -0.15) is 0 Å². The third-order valence-corrected chi connectivity index (χ3v) is 4.27. The van der Waals surface area contributed by atoms with E-state index in [1.807, 2.05) is 30.0 Å². The molecule has 1 fully saturated rings. The fourth-order valence-corrected chi connectivity index (χ4v) is 2.99. The van der Waals surface area contributed by atoms with E-state index in [9.17, 15) is 9.59 Å². The molecule has 4 heteroatoms.